The first-order valence-electron chi connectivity index (χ1n) is 5.71. The van der Waals surface area contributed by atoms with Gasteiger partial charge in [-0.1, -0.05) is 20.8 Å². The van der Waals surface area contributed by atoms with Gasteiger partial charge in [-0.2, -0.15) is 0 Å². The zero-order chi connectivity index (χ0) is 13.9. The van der Waals surface area contributed by atoms with Crippen LogP contribution in [0.25, 0.3) is 0 Å². The summed E-state index contributed by atoms with van der Waals surface area (Å²) < 4.78 is 25.8. The third-order valence-corrected chi connectivity index (χ3v) is 2.77. The van der Waals surface area contributed by atoms with Crippen LogP contribution < -0.4 is 11.1 Å². The fourth-order valence-electron chi connectivity index (χ4n) is 1.51. The minimum absolute atomic E-state index is 0.0802. The van der Waals surface area contributed by atoms with Gasteiger partial charge < -0.3 is 11.1 Å². The summed E-state index contributed by atoms with van der Waals surface area (Å²) in [5.41, 5.74) is 5.47. The molecule has 0 aliphatic rings. The van der Waals surface area contributed by atoms with Crippen LogP contribution in [0.1, 0.15) is 31.1 Å². The number of halogens is 2. The Hall–Kier alpha value is -1.49. The second kappa shape index (κ2) is 5.44. The van der Waals surface area contributed by atoms with Crippen molar-refractivity contribution in [1.82, 2.24) is 5.32 Å². The maximum Gasteiger partial charge on any atom is 0.251 e. The maximum atomic E-state index is 13.0. The van der Waals surface area contributed by atoms with E-state index in [0.717, 1.165) is 12.1 Å². The number of benzene rings is 1. The molecule has 0 aliphatic heterocycles. The molecule has 1 aromatic carbocycles. The Balaban J connectivity index is 2.85. The van der Waals surface area contributed by atoms with Crippen LogP contribution in [0.5, 0.6) is 0 Å². The normalized spacial score (nSPS) is 13.2. The van der Waals surface area contributed by atoms with E-state index in [2.05, 4.69) is 5.32 Å². The van der Waals surface area contributed by atoms with Gasteiger partial charge in [0.05, 0.1) is 0 Å². The molecule has 0 spiro atoms. The minimum atomic E-state index is -1.04. The summed E-state index contributed by atoms with van der Waals surface area (Å²) in [6.07, 6.45) is 0. The molecule has 0 bridgehead atoms. The van der Waals surface area contributed by atoms with E-state index in [9.17, 15) is 13.6 Å². The summed E-state index contributed by atoms with van der Waals surface area (Å²) in [7, 11) is 0. The van der Waals surface area contributed by atoms with Crippen molar-refractivity contribution in [3.63, 3.8) is 0 Å². The fourth-order valence-corrected chi connectivity index (χ4v) is 1.51. The SMILES string of the molecule is CC(C)(C)C(CN)NC(=O)c1ccc(F)c(F)c1. The molecule has 0 fully saturated rings. The van der Waals surface area contributed by atoms with E-state index >= 15 is 0 Å². The third kappa shape index (κ3) is 3.50. The fraction of sp³-hybridized carbons (Fsp3) is 0.462. The van der Waals surface area contributed by atoms with Crippen molar-refractivity contribution < 1.29 is 13.6 Å². The van der Waals surface area contributed by atoms with Crippen LogP contribution in [0.15, 0.2) is 18.2 Å². The minimum Gasteiger partial charge on any atom is -0.348 e. The van der Waals surface area contributed by atoms with Gasteiger partial charge in [0.1, 0.15) is 0 Å². The second-order valence-electron chi connectivity index (χ2n) is 5.26. The van der Waals surface area contributed by atoms with E-state index < -0.39 is 17.5 Å². The van der Waals surface area contributed by atoms with Crippen LogP contribution in [0, 0.1) is 17.0 Å². The first-order chi connectivity index (χ1) is 8.25. The van der Waals surface area contributed by atoms with Gasteiger partial charge in [0, 0.05) is 18.2 Å². The van der Waals surface area contributed by atoms with E-state index in [1.165, 1.54) is 6.07 Å². The highest BCUT2D eigenvalue weighted by molar-refractivity contribution is 5.94. The summed E-state index contributed by atoms with van der Waals surface area (Å²) in [5, 5.41) is 2.72. The topological polar surface area (TPSA) is 55.1 Å². The Bertz CT molecular complexity index is 441. The molecule has 1 aromatic rings. The van der Waals surface area contributed by atoms with Gasteiger partial charge >= 0.3 is 0 Å². The number of hydrogen-bond acceptors (Lipinski definition) is 2. The van der Waals surface area contributed by atoms with Gasteiger partial charge in [0.15, 0.2) is 11.6 Å². The van der Waals surface area contributed by atoms with Gasteiger partial charge in [-0.15, -0.1) is 0 Å². The van der Waals surface area contributed by atoms with Crippen LogP contribution in [0.2, 0.25) is 0 Å². The Morgan fingerprint density at radius 3 is 2.39 bits per heavy atom. The molecule has 1 atom stereocenters. The lowest BCUT2D eigenvalue weighted by atomic mass is 9.86. The summed E-state index contributed by atoms with van der Waals surface area (Å²) in [6, 6.07) is 2.81. The molecule has 0 radical (unpaired) electrons. The molecule has 0 saturated carbocycles. The van der Waals surface area contributed by atoms with Crippen molar-refractivity contribution in [3.05, 3.63) is 35.4 Å². The predicted octanol–water partition coefficient (Wildman–Crippen LogP) is 2.07. The molecular weight excluding hydrogens is 238 g/mol. The quantitative estimate of drug-likeness (QED) is 0.869. The molecule has 0 saturated heterocycles. The molecule has 0 aliphatic carbocycles. The number of carbonyl (C=O) groups is 1. The van der Waals surface area contributed by atoms with Gasteiger partial charge in [0.2, 0.25) is 0 Å². The molecule has 1 amide bonds. The smallest absolute Gasteiger partial charge is 0.251 e. The summed E-state index contributed by atoms with van der Waals surface area (Å²) in [5.74, 6) is -2.47. The largest absolute Gasteiger partial charge is 0.348 e. The average Bonchev–Trinajstić information content (AvgIpc) is 2.27. The summed E-state index contributed by atoms with van der Waals surface area (Å²) in [4.78, 5) is 11.9. The Morgan fingerprint density at radius 2 is 1.94 bits per heavy atom. The molecule has 3 nitrogen and oxygen atoms in total. The van der Waals surface area contributed by atoms with Gasteiger partial charge in [-0.25, -0.2) is 8.78 Å². The van der Waals surface area contributed by atoms with Crippen LogP contribution in [-0.4, -0.2) is 18.5 Å². The van der Waals surface area contributed by atoms with Crippen molar-refractivity contribution >= 4 is 5.91 Å². The number of hydrogen-bond donors (Lipinski definition) is 2. The standard InChI is InChI=1S/C13H18F2N2O/c1-13(2,3)11(7-16)17-12(18)8-4-5-9(14)10(15)6-8/h4-6,11H,7,16H2,1-3H3,(H,17,18). The van der Waals surface area contributed by atoms with Crippen molar-refractivity contribution in [2.45, 2.75) is 26.8 Å². The van der Waals surface area contributed by atoms with E-state index in [1.807, 2.05) is 20.8 Å². The van der Waals surface area contributed by atoms with E-state index in [1.54, 1.807) is 0 Å². The number of carbonyl (C=O) groups excluding carboxylic acids is 1. The van der Waals surface area contributed by atoms with Crippen LogP contribution in [0.4, 0.5) is 8.78 Å². The number of rotatable bonds is 3. The van der Waals surface area contributed by atoms with Crippen molar-refractivity contribution in [2.24, 2.45) is 11.1 Å². The molecule has 18 heavy (non-hydrogen) atoms. The molecule has 1 unspecified atom stereocenters. The highest BCUT2D eigenvalue weighted by Crippen LogP contribution is 2.19. The number of nitrogens with one attached hydrogen (secondary N) is 1. The molecule has 0 aromatic heterocycles. The molecule has 100 valence electrons. The maximum absolute atomic E-state index is 13.0. The molecule has 3 N–H and O–H groups in total. The van der Waals surface area contributed by atoms with Crippen molar-refractivity contribution in [2.75, 3.05) is 6.54 Å². The number of nitrogens with two attached hydrogens (primary N) is 1. The Labute approximate surface area is 105 Å². The Kier molecular flexibility index (Phi) is 4.40. The monoisotopic (exact) mass is 256 g/mol. The predicted molar refractivity (Wildman–Crippen MR) is 66.1 cm³/mol. The van der Waals surface area contributed by atoms with E-state index in [0.29, 0.717) is 0 Å². The molecule has 0 heterocycles. The second-order valence-corrected chi connectivity index (χ2v) is 5.26. The Morgan fingerprint density at radius 1 is 1.33 bits per heavy atom. The van der Waals surface area contributed by atoms with Crippen molar-refractivity contribution in [1.29, 1.82) is 0 Å². The van der Waals surface area contributed by atoms with Crippen LogP contribution >= 0.6 is 0 Å². The highest BCUT2D eigenvalue weighted by Gasteiger charge is 2.25. The highest BCUT2D eigenvalue weighted by atomic mass is 19.2. The lowest BCUT2D eigenvalue weighted by Gasteiger charge is -2.30. The molecule has 1 rings (SSSR count). The zero-order valence-corrected chi connectivity index (χ0v) is 10.8. The van der Waals surface area contributed by atoms with E-state index in [-0.39, 0.29) is 23.6 Å². The lowest BCUT2D eigenvalue weighted by molar-refractivity contribution is 0.0905. The first-order valence-corrected chi connectivity index (χ1v) is 5.71. The van der Waals surface area contributed by atoms with E-state index in [4.69, 9.17) is 5.73 Å². The number of amides is 1. The molecule has 5 heteroatoms. The van der Waals surface area contributed by atoms with Gasteiger partial charge in [-0.05, 0) is 23.6 Å². The van der Waals surface area contributed by atoms with Gasteiger partial charge in [0.25, 0.3) is 5.91 Å². The summed E-state index contributed by atoms with van der Waals surface area (Å²) >= 11 is 0. The van der Waals surface area contributed by atoms with Crippen LogP contribution in [-0.2, 0) is 0 Å². The van der Waals surface area contributed by atoms with Crippen molar-refractivity contribution in [3.8, 4) is 0 Å². The average molecular weight is 256 g/mol. The molecular formula is C13H18F2N2O. The van der Waals surface area contributed by atoms with Gasteiger partial charge in [-0.3, -0.25) is 4.79 Å². The lowest BCUT2D eigenvalue weighted by Crippen LogP contribution is -2.48. The first kappa shape index (κ1) is 14.6. The third-order valence-electron chi connectivity index (χ3n) is 2.77. The van der Waals surface area contributed by atoms with Crippen LogP contribution in [0.3, 0.4) is 0 Å². The summed E-state index contributed by atoms with van der Waals surface area (Å²) in [6.45, 7) is 6.10. The zero-order valence-electron chi connectivity index (χ0n) is 10.8.